The first-order valence-corrected chi connectivity index (χ1v) is 9.97. The minimum absolute atomic E-state index is 0.0163. The van der Waals surface area contributed by atoms with E-state index in [-0.39, 0.29) is 29.5 Å². The maximum Gasteiger partial charge on any atom is 0.340 e. The van der Waals surface area contributed by atoms with Crippen LogP contribution in [0.25, 0.3) is 0 Å². The summed E-state index contributed by atoms with van der Waals surface area (Å²) in [5.41, 5.74) is 2.52. The minimum atomic E-state index is -0.584. The van der Waals surface area contributed by atoms with Gasteiger partial charge in [-0.05, 0) is 36.8 Å². The zero-order valence-electron chi connectivity index (χ0n) is 14.9. The van der Waals surface area contributed by atoms with Gasteiger partial charge in [0.05, 0.1) is 22.7 Å². The second kappa shape index (κ2) is 9.19. The summed E-state index contributed by atoms with van der Waals surface area (Å²) in [5, 5.41) is 5.92. The number of aryl methyl sites for hydroxylation is 1. The zero-order valence-corrected chi connectivity index (χ0v) is 17.2. The summed E-state index contributed by atoms with van der Waals surface area (Å²) in [4.78, 5) is 28.7. The van der Waals surface area contributed by atoms with Crippen LogP contribution in [0.4, 0.5) is 5.69 Å². The van der Waals surface area contributed by atoms with E-state index in [1.165, 1.54) is 23.5 Å². The Labute approximate surface area is 176 Å². The third-order valence-corrected chi connectivity index (χ3v) is 5.29. The zero-order chi connectivity index (χ0) is 20.1. The van der Waals surface area contributed by atoms with Crippen LogP contribution in [0.3, 0.4) is 0 Å². The summed E-state index contributed by atoms with van der Waals surface area (Å²) in [7, 11) is 0. The largest absolute Gasteiger partial charge is 0.456 e. The summed E-state index contributed by atoms with van der Waals surface area (Å²) in [6.07, 6.45) is 0.146. The van der Waals surface area contributed by atoms with Gasteiger partial charge in [-0.15, -0.1) is 11.3 Å². The normalized spacial score (nSPS) is 10.5. The van der Waals surface area contributed by atoms with E-state index in [1.807, 2.05) is 31.2 Å². The highest BCUT2D eigenvalue weighted by Gasteiger charge is 2.14. The van der Waals surface area contributed by atoms with Crippen LogP contribution in [0.1, 0.15) is 26.6 Å². The smallest absolute Gasteiger partial charge is 0.340 e. The van der Waals surface area contributed by atoms with Gasteiger partial charge in [0.2, 0.25) is 5.91 Å². The number of hydrogen-bond donors (Lipinski definition) is 1. The summed E-state index contributed by atoms with van der Waals surface area (Å²) in [6, 6.07) is 12.1. The number of halogens is 2. The number of esters is 1. The van der Waals surface area contributed by atoms with Gasteiger partial charge in [0.15, 0.2) is 0 Å². The summed E-state index contributed by atoms with van der Waals surface area (Å²) in [5.74, 6) is -0.739. The maximum atomic E-state index is 12.2. The summed E-state index contributed by atoms with van der Waals surface area (Å²) >= 11 is 13.2. The van der Waals surface area contributed by atoms with E-state index in [1.54, 1.807) is 11.4 Å². The molecule has 1 aromatic heterocycles. The number of carbonyl (C=O) groups is 2. The first-order valence-electron chi connectivity index (χ1n) is 8.33. The molecule has 0 spiro atoms. The van der Waals surface area contributed by atoms with E-state index in [9.17, 15) is 9.59 Å². The van der Waals surface area contributed by atoms with Gasteiger partial charge < -0.3 is 10.1 Å². The van der Waals surface area contributed by atoms with Crippen molar-refractivity contribution in [1.82, 2.24) is 4.98 Å². The topological polar surface area (TPSA) is 68.3 Å². The second-order valence-corrected chi connectivity index (χ2v) is 7.76. The average Bonchev–Trinajstić information content (AvgIpc) is 3.11. The molecule has 0 aliphatic rings. The van der Waals surface area contributed by atoms with Gasteiger partial charge in [0.25, 0.3) is 0 Å². The van der Waals surface area contributed by atoms with Crippen molar-refractivity contribution in [2.75, 3.05) is 5.32 Å². The summed E-state index contributed by atoms with van der Waals surface area (Å²) < 4.78 is 5.24. The molecule has 8 heteroatoms. The van der Waals surface area contributed by atoms with Crippen LogP contribution >= 0.6 is 34.5 Å². The monoisotopic (exact) mass is 434 g/mol. The van der Waals surface area contributed by atoms with Crippen molar-refractivity contribution in [2.45, 2.75) is 20.0 Å². The molecule has 0 fully saturated rings. The molecule has 0 bridgehead atoms. The SMILES string of the molecule is Cc1ccccc1NC(=O)Cc1nc(COC(=O)c2cc(Cl)ccc2Cl)cs1. The maximum absolute atomic E-state index is 12.2. The molecule has 0 atom stereocenters. The van der Waals surface area contributed by atoms with E-state index in [0.29, 0.717) is 15.7 Å². The third kappa shape index (κ3) is 5.32. The number of amides is 1. The number of thiazole rings is 1. The molecule has 0 saturated carbocycles. The van der Waals surface area contributed by atoms with E-state index in [2.05, 4.69) is 10.3 Å². The Kier molecular flexibility index (Phi) is 6.67. The van der Waals surface area contributed by atoms with E-state index < -0.39 is 5.97 Å². The Hall–Kier alpha value is -2.41. The Morgan fingerprint density at radius 3 is 2.75 bits per heavy atom. The molecule has 0 saturated heterocycles. The molecule has 3 aromatic rings. The molecule has 3 rings (SSSR count). The molecule has 0 unspecified atom stereocenters. The Morgan fingerprint density at radius 2 is 1.96 bits per heavy atom. The highest BCUT2D eigenvalue weighted by molar-refractivity contribution is 7.09. The van der Waals surface area contributed by atoms with Crippen molar-refractivity contribution in [1.29, 1.82) is 0 Å². The quantitative estimate of drug-likeness (QED) is 0.534. The highest BCUT2D eigenvalue weighted by atomic mass is 35.5. The van der Waals surface area contributed by atoms with Gasteiger partial charge in [0, 0.05) is 16.1 Å². The van der Waals surface area contributed by atoms with Crippen LogP contribution in [0, 0.1) is 6.92 Å². The molecule has 0 radical (unpaired) electrons. The molecular formula is C20H16Cl2N2O3S. The molecule has 0 aliphatic heterocycles. The number of benzene rings is 2. The van der Waals surface area contributed by atoms with Crippen LogP contribution in [0.5, 0.6) is 0 Å². The fraction of sp³-hybridized carbons (Fsp3) is 0.150. The lowest BCUT2D eigenvalue weighted by molar-refractivity contribution is -0.115. The standard InChI is InChI=1S/C20H16Cl2N2O3S/c1-12-4-2-3-5-17(12)24-18(25)9-19-23-14(11-28-19)10-27-20(26)15-8-13(21)6-7-16(15)22/h2-8,11H,9-10H2,1H3,(H,24,25). The van der Waals surface area contributed by atoms with Gasteiger partial charge in [-0.2, -0.15) is 0 Å². The van der Waals surface area contributed by atoms with Gasteiger partial charge in [-0.25, -0.2) is 9.78 Å². The molecule has 5 nitrogen and oxygen atoms in total. The van der Waals surface area contributed by atoms with Crippen molar-refractivity contribution in [3.63, 3.8) is 0 Å². The van der Waals surface area contributed by atoms with Crippen molar-refractivity contribution in [2.24, 2.45) is 0 Å². The number of carbonyl (C=O) groups excluding carboxylic acids is 2. The van der Waals surface area contributed by atoms with Gasteiger partial charge in [-0.3, -0.25) is 4.79 Å². The van der Waals surface area contributed by atoms with E-state index in [0.717, 1.165) is 11.3 Å². The van der Waals surface area contributed by atoms with Crippen LogP contribution < -0.4 is 5.32 Å². The lowest BCUT2D eigenvalue weighted by atomic mass is 10.2. The number of rotatable bonds is 6. The Morgan fingerprint density at radius 1 is 1.18 bits per heavy atom. The lowest BCUT2D eigenvalue weighted by Gasteiger charge is -2.07. The number of nitrogens with one attached hydrogen (secondary N) is 1. The average molecular weight is 435 g/mol. The first-order chi connectivity index (χ1) is 13.4. The number of anilines is 1. The Balaban J connectivity index is 1.55. The third-order valence-electron chi connectivity index (χ3n) is 3.83. The fourth-order valence-electron chi connectivity index (χ4n) is 2.41. The van der Waals surface area contributed by atoms with Crippen LogP contribution in [-0.4, -0.2) is 16.9 Å². The number of ether oxygens (including phenoxy) is 1. The van der Waals surface area contributed by atoms with Crippen molar-refractivity contribution in [3.8, 4) is 0 Å². The number of nitrogens with zero attached hydrogens (tertiary/aromatic N) is 1. The van der Waals surface area contributed by atoms with Crippen molar-refractivity contribution < 1.29 is 14.3 Å². The predicted molar refractivity (Wildman–Crippen MR) is 111 cm³/mol. The predicted octanol–water partition coefficient (Wildman–Crippen LogP) is 5.30. The molecule has 28 heavy (non-hydrogen) atoms. The molecule has 2 aromatic carbocycles. The van der Waals surface area contributed by atoms with Crippen LogP contribution in [0.15, 0.2) is 47.8 Å². The molecule has 0 aliphatic carbocycles. The number of para-hydroxylation sites is 1. The first kappa shape index (κ1) is 20.3. The molecule has 144 valence electrons. The second-order valence-electron chi connectivity index (χ2n) is 5.97. The fourth-order valence-corrected chi connectivity index (χ4v) is 3.56. The highest BCUT2D eigenvalue weighted by Crippen LogP contribution is 2.22. The van der Waals surface area contributed by atoms with Crippen molar-refractivity contribution in [3.05, 3.63) is 79.7 Å². The van der Waals surface area contributed by atoms with Crippen LogP contribution in [-0.2, 0) is 22.6 Å². The number of aromatic nitrogens is 1. The summed E-state index contributed by atoms with van der Waals surface area (Å²) in [6.45, 7) is 1.91. The molecular weight excluding hydrogens is 419 g/mol. The van der Waals surface area contributed by atoms with Crippen molar-refractivity contribution >= 4 is 52.1 Å². The van der Waals surface area contributed by atoms with E-state index in [4.69, 9.17) is 27.9 Å². The van der Waals surface area contributed by atoms with Gasteiger partial charge in [-0.1, -0.05) is 41.4 Å². The van der Waals surface area contributed by atoms with Gasteiger partial charge >= 0.3 is 5.97 Å². The minimum Gasteiger partial charge on any atom is -0.456 e. The number of hydrogen-bond acceptors (Lipinski definition) is 5. The van der Waals surface area contributed by atoms with Gasteiger partial charge in [0.1, 0.15) is 11.6 Å². The Bertz CT molecular complexity index is 1020. The lowest BCUT2D eigenvalue weighted by Crippen LogP contribution is -2.15. The van der Waals surface area contributed by atoms with E-state index >= 15 is 0 Å². The molecule has 1 heterocycles. The molecule has 1 amide bonds. The molecule has 1 N–H and O–H groups in total. The van der Waals surface area contributed by atoms with Crippen LogP contribution in [0.2, 0.25) is 10.0 Å².